The Labute approximate surface area is 101 Å². The van der Waals surface area contributed by atoms with Crippen LogP contribution in [0.1, 0.15) is 0 Å². The van der Waals surface area contributed by atoms with Crippen molar-refractivity contribution in [1.29, 1.82) is 0 Å². The van der Waals surface area contributed by atoms with Crippen LogP contribution < -0.4 is 0 Å². The number of nitro groups is 1. The Morgan fingerprint density at radius 3 is 2.76 bits per heavy atom. The number of pyridine rings is 1. The van der Waals surface area contributed by atoms with Crippen LogP contribution in [0.5, 0.6) is 0 Å². The molecule has 2 rings (SSSR count). The fraction of sp³-hybridized carbons (Fsp3) is 0. The number of hydrogen-bond donors (Lipinski definition) is 0. The average molecular weight is 253 g/mol. The minimum atomic E-state index is -0.577. The Kier molecular flexibility index (Phi) is 3.01. The minimum Gasteiger partial charge on any atom is -0.258 e. The van der Waals surface area contributed by atoms with Gasteiger partial charge in [-0.15, -0.1) is 0 Å². The molecule has 2 aromatic rings. The monoisotopic (exact) mass is 252 g/mol. The molecule has 1 aromatic carbocycles. The number of hydrogen-bond acceptors (Lipinski definition) is 3. The third-order valence-electron chi connectivity index (χ3n) is 2.17. The quantitative estimate of drug-likeness (QED) is 0.467. The molecule has 1 aromatic heterocycles. The summed E-state index contributed by atoms with van der Waals surface area (Å²) in [5.41, 5.74) is 0.597. The fourth-order valence-corrected chi connectivity index (χ4v) is 1.61. The van der Waals surface area contributed by atoms with Crippen molar-refractivity contribution in [1.82, 2.24) is 4.98 Å². The Balaban J connectivity index is 2.58. The highest BCUT2D eigenvalue weighted by Gasteiger charge is 2.12. The molecule has 0 N–H and O–H groups in total. The molecule has 0 radical (unpaired) electrons. The molecule has 0 spiro atoms. The van der Waals surface area contributed by atoms with E-state index in [1.807, 2.05) is 0 Å². The molecule has 0 atom stereocenters. The number of aromatic nitrogens is 1. The van der Waals surface area contributed by atoms with E-state index < -0.39 is 10.7 Å². The van der Waals surface area contributed by atoms with Crippen molar-refractivity contribution in [3.05, 3.63) is 57.6 Å². The van der Waals surface area contributed by atoms with Gasteiger partial charge in [0.25, 0.3) is 5.69 Å². The van der Waals surface area contributed by atoms with Gasteiger partial charge in [-0.05, 0) is 17.7 Å². The van der Waals surface area contributed by atoms with Gasteiger partial charge in [0.1, 0.15) is 17.2 Å². The predicted octanol–water partition coefficient (Wildman–Crippen LogP) is 3.45. The van der Waals surface area contributed by atoms with Crippen LogP contribution in [0.15, 0.2) is 36.5 Å². The van der Waals surface area contributed by atoms with Gasteiger partial charge >= 0.3 is 0 Å². The minimum absolute atomic E-state index is 0.0983. The van der Waals surface area contributed by atoms with Crippen LogP contribution in [-0.2, 0) is 0 Å². The van der Waals surface area contributed by atoms with Gasteiger partial charge in [-0.25, -0.2) is 9.37 Å². The molecule has 86 valence electrons. The van der Waals surface area contributed by atoms with Crippen LogP contribution in [0.3, 0.4) is 0 Å². The number of rotatable bonds is 2. The first-order valence-electron chi connectivity index (χ1n) is 4.64. The van der Waals surface area contributed by atoms with E-state index in [2.05, 4.69) is 4.98 Å². The highest BCUT2D eigenvalue weighted by atomic mass is 35.5. The Hall–Kier alpha value is -2.01. The summed E-state index contributed by atoms with van der Waals surface area (Å²) in [5.74, 6) is -0.440. The predicted molar refractivity (Wildman–Crippen MR) is 61.3 cm³/mol. The van der Waals surface area contributed by atoms with Crippen LogP contribution in [0.4, 0.5) is 10.1 Å². The first kappa shape index (κ1) is 11.5. The van der Waals surface area contributed by atoms with Crippen molar-refractivity contribution < 1.29 is 9.31 Å². The van der Waals surface area contributed by atoms with Crippen LogP contribution in [0, 0.1) is 15.9 Å². The van der Waals surface area contributed by atoms with E-state index in [-0.39, 0.29) is 10.8 Å². The topological polar surface area (TPSA) is 56.0 Å². The van der Waals surface area contributed by atoms with Gasteiger partial charge in [0, 0.05) is 11.6 Å². The number of benzene rings is 1. The molecule has 1 heterocycles. The molecule has 6 heteroatoms. The molecule has 0 saturated carbocycles. The standard InChI is InChI=1S/C11H6ClFN2O2/c12-11-10(5-9(6-14-11)15(16)17)7-2-1-3-8(13)4-7/h1-6H. The van der Waals surface area contributed by atoms with Crippen LogP contribution in [0.2, 0.25) is 5.15 Å². The third-order valence-corrected chi connectivity index (χ3v) is 2.47. The summed E-state index contributed by atoms with van der Waals surface area (Å²) in [6, 6.07) is 6.90. The summed E-state index contributed by atoms with van der Waals surface area (Å²) in [6.45, 7) is 0. The molecular formula is C11H6ClFN2O2. The fourth-order valence-electron chi connectivity index (χ4n) is 1.40. The summed E-state index contributed by atoms with van der Waals surface area (Å²) in [7, 11) is 0. The highest BCUT2D eigenvalue weighted by molar-refractivity contribution is 6.32. The second-order valence-corrected chi connectivity index (χ2v) is 3.66. The lowest BCUT2D eigenvalue weighted by molar-refractivity contribution is -0.385. The Morgan fingerprint density at radius 1 is 1.35 bits per heavy atom. The molecule has 0 aliphatic heterocycles. The average Bonchev–Trinajstić information content (AvgIpc) is 2.29. The number of halogens is 2. The van der Waals surface area contributed by atoms with Gasteiger partial charge in [-0.1, -0.05) is 23.7 Å². The maximum atomic E-state index is 13.0. The lowest BCUT2D eigenvalue weighted by Gasteiger charge is -2.03. The molecule has 0 bridgehead atoms. The molecular weight excluding hydrogens is 247 g/mol. The van der Waals surface area contributed by atoms with Crippen LogP contribution >= 0.6 is 11.6 Å². The zero-order chi connectivity index (χ0) is 12.4. The summed E-state index contributed by atoms with van der Waals surface area (Å²) >= 11 is 5.83. The van der Waals surface area contributed by atoms with Gasteiger partial charge in [0.05, 0.1) is 4.92 Å². The molecule has 17 heavy (non-hydrogen) atoms. The van der Waals surface area contributed by atoms with E-state index in [9.17, 15) is 14.5 Å². The summed E-state index contributed by atoms with van der Waals surface area (Å²) in [5, 5.41) is 10.7. The summed E-state index contributed by atoms with van der Waals surface area (Å²) in [4.78, 5) is 13.7. The van der Waals surface area contributed by atoms with Gasteiger partial charge in [0.2, 0.25) is 0 Å². The summed E-state index contributed by atoms with van der Waals surface area (Å²) < 4.78 is 13.0. The molecule has 0 unspecified atom stereocenters. The van der Waals surface area contributed by atoms with E-state index in [1.165, 1.54) is 24.3 Å². The SMILES string of the molecule is O=[N+]([O-])c1cnc(Cl)c(-c2cccc(F)c2)c1. The molecule has 4 nitrogen and oxygen atoms in total. The van der Waals surface area contributed by atoms with Gasteiger partial charge in [0.15, 0.2) is 0 Å². The van der Waals surface area contributed by atoms with E-state index in [1.54, 1.807) is 6.07 Å². The van der Waals surface area contributed by atoms with Crippen LogP contribution in [-0.4, -0.2) is 9.91 Å². The van der Waals surface area contributed by atoms with Crippen molar-refractivity contribution in [2.75, 3.05) is 0 Å². The molecule has 0 aliphatic rings. The zero-order valence-corrected chi connectivity index (χ0v) is 9.19. The highest BCUT2D eigenvalue weighted by Crippen LogP contribution is 2.29. The molecule has 0 fully saturated rings. The maximum Gasteiger partial charge on any atom is 0.288 e. The van der Waals surface area contributed by atoms with Crippen molar-refractivity contribution in [2.24, 2.45) is 0 Å². The largest absolute Gasteiger partial charge is 0.288 e. The zero-order valence-electron chi connectivity index (χ0n) is 8.43. The lowest BCUT2D eigenvalue weighted by Crippen LogP contribution is -1.91. The second kappa shape index (κ2) is 4.47. The first-order chi connectivity index (χ1) is 8.08. The number of nitrogens with zero attached hydrogens (tertiary/aromatic N) is 2. The Bertz CT molecular complexity index is 589. The van der Waals surface area contributed by atoms with E-state index >= 15 is 0 Å². The molecule has 0 saturated heterocycles. The van der Waals surface area contributed by atoms with Crippen molar-refractivity contribution in [2.45, 2.75) is 0 Å². The van der Waals surface area contributed by atoms with E-state index in [0.29, 0.717) is 11.1 Å². The molecule has 0 aliphatic carbocycles. The first-order valence-corrected chi connectivity index (χ1v) is 5.01. The van der Waals surface area contributed by atoms with Gasteiger partial charge in [-0.2, -0.15) is 0 Å². The van der Waals surface area contributed by atoms with Gasteiger partial charge < -0.3 is 0 Å². The van der Waals surface area contributed by atoms with E-state index in [0.717, 1.165) is 6.20 Å². The Morgan fingerprint density at radius 2 is 2.12 bits per heavy atom. The third kappa shape index (κ3) is 2.39. The van der Waals surface area contributed by atoms with Crippen molar-refractivity contribution in [3.8, 4) is 11.1 Å². The lowest BCUT2D eigenvalue weighted by atomic mass is 10.1. The van der Waals surface area contributed by atoms with Gasteiger partial charge in [-0.3, -0.25) is 10.1 Å². The van der Waals surface area contributed by atoms with Crippen LogP contribution in [0.25, 0.3) is 11.1 Å². The maximum absolute atomic E-state index is 13.0. The second-order valence-electron chi connectivity index (χ2n) is 3.30. The van der Waals surface area contributed by atoms with E-state index in [4.69, 9.17) is 11.6 Å². The smallest absolute Gasteiger partial charge is 0.258 e. The van der Waals surface area contributed by atoms with Crippen molar-refractivity contribution >= 4 is 17.3 Å². The molecule has 0 amide bonds. The van der Waals surface area contributed by atoms with Crippen molar-refractivity contribution in [3.63, 3.8) is 0 Å². The normalized spacial score (nSPS) is 10.2. The summed E-state index contributed by atoms with van der Waals surface area (Å²) in [6.07, 6.45) is 1.06.